The van der Waals surface area contributed by atoms with Gasteiger partial charge in [0, 0.05) is 6.42 Å². The van der Waals surface area contributed by atoms with Gasteiger partial charge in [-0.2, -0.15) is 0 Å². The van der Waals surface area contributed by atoms with Gasteiger partial charge in [-0.25, -0.2) is 23.2 Å². The summed E-state index contributed by atoms with van der Waals surface area (Å²) in [5, 5.41) is 13.3. The van der Waals surface area contributed by atoms with Crippen LogP contribution in [0.3, 0.4) is 0 Å². The minimum absolute atomic E-state index is 0.0637. The predicted molar refractivity (Wildman–Crippen MR) is 124 cm³/mol. The normalized spacial score (nSPS) is 11.5. The van der Waals surface area contributed by atoms with E-state index < -0.39 is 10.0 Å². The van der Waals surface area contributed by atoms with Gasteiger partial charge in [-0.3, -0.25) is 0 Å². The second-order valence-corrected chi connectivity index (χ2v) is 9.03. The fourth-order valence-corrected chi connectivity index (χ4v) is 3.94. The molecule has 0 saturated carbocycles. The summed E-state index contributed by atoms with van der Waals surface area (Å²) in [5.74, 6) is 1.46. The zero-order chi connectivity index (χ0) is 22.4. The zero-order valence-electron chi connectivity index (χ0n) is 17.6. The first-order valence-corrected chi connectivity index (χ1v) is 11.9. The SMILES string of the molecule is NS(=O)(=O)c1ccc(-n2nc(CNCCc3ccccc3)nc2Cc2ccccc2)cc1. The average molecular weight is 448 g/mol. The molecule has 8 heteroatoms. The molecule has 0 aliphatic rings. The third-order valence-electron chi connectivity index (χ3n) is 5.05. The maximum atomic E-state index is 11.6. The first-order valence-electron chi connectivity index (χ1n) is 10.4. The van der Waals surface area contributed by atoms with Crippen LogP contribution in [0.5, 0.6) is 0 Å². The third kappa shape index (κ3) is 5.67. The van der Waals surface area contributed by atoms with E-state index in [1.165, 1.54) is 17.7 Å². The van der Waals surface area contributed by atoms with Crippen LogP contribution in [0.15, 0.2) is 89.8 Å². The van der Waals surface area contributed by atoms with Crippen molar-refractivity contribution in [3.63, 3.8) is 0 Å². The molecule has 1 heterocycles. The highest BCUT2D eigenvalue weighted by molar-refractivity contribution is 7.89. The van der Waals surface area contributed by atoms with Gasteiger partial charge in [0.15, 0.2) is 5.82 Å². The molecule has 0 amide bonds. The Bertz CT molecular complexity index is 1260. The molecule has 3 aromatic carbocycles. The van der Waals surface area contributed by atoms with Crippen molar-refractivity contribution in [3.8, 4) is 5.69 Å². The van der Waals surface area contributed by atoms with Crippen molar-refractivity contribution in [1.82, 2.24) is 20.1 Å². The van der Waals surface area contributed by atoms with Crippen molar-refractivity contribution in [3.05, 3.63) is 108 Å². The fraction of sp³-hybridized carbons (Fsp3) is 0.167. The van der Waals surface area contributed by atoms with E-state index in [1.807, 2.05) is 48.5 Å². The number of nitrogens with zero attached hydrogens (tertiary/aromatic N) is 3. The predicted octanol–water partition coefficient (Wildman–Crippen LogP) is 2.84. The molecule has 4 aromatic rings. The van der Waals surface area contributed by atoms with Gasteiger partial charge in [0.25, 0.3) is 0 Å². The molecule has 0 radical (unpaired) electrons. The van der Waals surface area contributed by atoms with E-state index in [1.54, 1.807) is 16.8 Å². The largest absolute Gasteiger partial charge is 0.309 e. The number of benzene rings is 3. The summed E-state index contributed by atoms with van der Waals surface area (Å²) in [5.41, 5.74) is 3.12. The Labute approximate surface area is 188 Å². The minimum atomic E-state index is -3.75. The van der Waals surface area contributed by atoms with Crippen LogP contribution in [0.2, 0.25) is 0 Å². The van der Waals surface area contributed by atoms with E-state index in [0.29, 0.717) is 18.8 Å². The summed E-state index contributed by atoms with van der Waals surface area (Å²) >= 11 is 0. The van der Waals surface area contributed by atoms with Gasteiger partial charge in [-0.15, -0.1) is 5.10 Å². The van der Waals surface area contributed by atoms with E-state index in [2.05, 4.69) is 22.5 Å². The van der Waals surface area contributed by atoms with Gasteiger partial charge in [-0.05, 0) is 48.4 Å². The zero-order valence-corrected chi connectivity index (χ0v) is 18.4. The number of primary sulfonamides is 1. The van der Waals surface area contributed by atoms with Crippen molar-refractivity contribution in [2.45, 2.75) is 24.3 Å². The van der Waals surface area contributed by atoms with Crippen molar-refractivity contribution < 1.29 is 8.42 Å². The molecule has 0 unspecified atom stereocenters. The monoisotopic (exact) mass is 447 g/mol. The lowest BCUT2D eigenvalue weighted by Crippen LogP contribution is -2.17. The van der Waals surface area contributed by atoms with Crippen LogP contribution in [0.1, 0.15) is 22.8 Å². The molecule has 32 heavy (non-hydrogen) atoms. The van der Waals surface area contributed by atoms with Crippen LogP contribution in [-0.2, 0) is 29.4 Å². The highest BCUT2D eigenvalue weighted by Crippen LogP contribution is 2.16. The standard InChI is InChI=1S/C24H25N5O2S/c25-32(30,31)22-13-11-21(12-14-22)29-24(17-20-9-5-2-6-10-20)27-23(28-29)18-26-16-15-19-7-3-1-4-8-19/h1-14,26H,15-18H2,(H2,25,30,31). The lowest BCUT2D eigenvalue weighted by Gasteiger charge is -2.07. The molecular weight excluding hydrogens is 422 g/mol. The van der Waals surface area contributed by atoms with Crippen LogP contribution >= 0.6 is 0 Å². The number of hydrogen-bond acceptors (Lipinski definition) is 5. The highest BCUT2D eigenvalue weighted by Gasteiger charge is 2.14. The third-order valence-corrected chi connectivity index (χ3v) is 5.98. The molecule has 164 valence electrons. The van der Waals surface area contributed by atoms with Gasteiger partial charge in [0.05, 0.1) is 17.1 Å². The number of sulfonamides is 1. The van der Waals surface area contributed by atoms with Gasteiger partial charge < -0.3 is 5.32 Å². The number of nitrogens with one attached hydrogen (secondary N) is 1. The van der Waals surface area contributed by atoms with Gasteiger partial charge in [0.2, 0.25) is 10.0 Å². The van der Waals surface area contributed by atoms with Crippen LogP contribution in [0, 0.1) is 0 Å². The Morgan fingerprint density at radius 2 is 1.47 bits per heavy atom. The van der Waals surface area contributed by atoms with Crippen LogP contribution < -0.4 is 10.5 Å². The van der Waals surface area contributed by atoms with Crippen molar-refractivity contribution >= 4 is 10.0 Å². The maximum absolute atomic E-state index is 11.6. The van der Waals surface area contributed by atoms with Crippen molar-refractivity contribution in [2.24, 2.45) is 5.14 Å². The Morgan fingerprint density at radius 1 is 0.844 bits per heavy atom. The number of aromatic nitrogens is 3. The molecule has 0 aliphatic heterocycles. The number of nitrogens with two attached hydrogens (primary N) is 1. The first-order chi connectivity index (χ1) is 15.5. The quantitative estimate of drug-likeness (QED) is 0.384. The van der Waals surface area contributed by atoms with Crippen molar-refractivity contribution in [2.75, 3.05) is 6.54 Å². The van der Waals surface area contributed by atoms with Crippen molar-refractivity contribution in [1.29, 1.82) is 0 Å². The topological polar surface area (TPSA) is 103 Å². The van der Waals surface area contributed by atoms with E-state index >= 15 is 0 Å². The lowest BCUT2D eigenvalue weighted by atomic mass is 10.1. The molecule has 0 saturated heterocycles. The van der Waals surface area contributed by atoms with Crippen LogP contribution in [0.4, 0.5) is 0 Å². The molecule has 0 bridgehead atoms. The highest BCUT2D eigenvalue weighted by atomic mass is 32.2. The summed E-state index contributed by atoms with van der Waals surface area (Å²) in [6, 6.07) is 26.7. The Morgan fingerprint density at radius 3 is 2.09 bits per heavy atom. The van der Waals surface area contributed by atoms with Gasteiger partial charge >= 0.3 is 0 Å². The summed E-state index contributed by atoms with van der Waals surface area (Å²) in [6.07, 6.45) is 1.53. The summed E-state index contributed by atoms with van der Waals surface area (Å²) in [4.78, 5) is 4.81. The molecule has 0 fully saturated rings. The molecule has 1 aromatic heterocycles. The number of hydrogen-bond donors (Lipinski definition) is 2. The van der Waals surface area contributed by atoms with Crippen LogP contribution in [0.25, 0.3) is 5.69 Å². The summed E-state index contributed by atoms with van der Waals surface area (Å²) < 4.78 is 24.9. The second-order valence-electron chi connectivity index (χ2n) is 7.47. The molecule has 4 rings (SSSR count). The number of rotatable bonds is 9. The molecular formula is C24H25N5O2S. The Balaban J connectivity index is 1.53. The van der Waals surface area contributed by atoms with Gasteiger partial charge in [0.1, 0.15) is 5.82 Å². The lowest BCUT2D eigenvalue weighted by molar-refractivity contribution is 0.597. The van der Waals surface area contributed by atoms with E-state index in [-0.39, 0.29) is 4.90 Å². The minimum Gasteiger partial charge on any atom is -0.309 e. The maximum Gasteiger partial charge on any atom is 0.238 e. The Hall–Kier alpha value is -3.33. The van der Waals surface area contributed by atoms with Crippen LogP contribution in [-0.4, -0.2) is 29.7 Å². The molecule has 7 nitrogen and oxygen atoms in total. The fourth-order valence-electron chi connectivity index (χ4n) is 3.42. The summed E-state index contributed by atoms with van der Waals surface area (Å²) in [7, 11) is -3.75. The molecule has 0 spiro atoms. The van der Waals surface area contributed by atoms with E-state index in [0.717, 1.165) is 30.0 Å². The summed E-state index contributed by atoms with van der Waals surface area (Å²) in [6.45, 7) is 1.35. The molecule has 0 aliphatic carbocycles. The van der Waals surface area contributed by atoms with Gasteiger partial charge in [-0.1, -0.05) is 60.7 Å². The van der Waals surface area contributed by atoms with E-state index in [4.69, 9.17) is 10.1 Å². The Kier molecular flexibility index (Phi) is 6.75. The molecule has 0 atom stereocenters. The second kappa shape index (κ2) is 9.86. The first kappa shape index (κ1) is 21.9. The average Bonchev–Trinajstić information content (AvgIpc) is 3.20. The van der Waals surface area contributed by atoms with E-state index in [9.17, 15) is 8.42 Å². The molecule has 3 N–H and O–H groups in total. The smallest absolute Gasteiger partial charge is 0.238 e.